The highest BCUT2D eigenvalue weighted by molar-refractivity contribution is 7.15. The Bertz CT molecular complexity index is 1550. The van der Waals surface area contributed by atoms with Crippen molar-refractivity contribution in [3.05, 3.63) is 81.2 Å². The molecule has 2 aliphatic rings. The monoisotopic (exact) mass is 515 g/mol. The zero-order chi connectivity index (χ0) is 25.7. The summed E-state index contributed by atoms with van der Waals surface area (Å²) in [6.45, 7) is 6.95. The van der Waals surface area contributed by atoms with Crippen LogP contribution in [-0.4, -0.2) is 38.3 Å². The van der Waals surface area contributed by atoms with Gasteiger partial charge in [-0.25, -0.2) is 0 Å². The van der Waals surface area contributed by atoms with Crippen LogP contribution in [0.25, 0.3) is 5.00 Å². The second-order valence-corrected chi connectivity index (χ2v) is 10.3. The Labute approximate surface area is 217 Å². The summed E-state index contributed by atoms with van der Waals surface area (Å²) in [5.74, 6) is 1.87. The van der Waals surface area contributed by atoms with Crippen LogP contribution in [-0.2, 0) is 11.3 Å². The number of benzene rings is 2. The van der Waals surface area contributed by atoms with E-state index in [1.165, 1.54) is 4.88 Å². The van der Waals surface area contributed by atoms with Gasteiger partial charge in [0, 0.05) is 28.2 Å². The number of ether oxygens (including phenoxy) is 2. The molecule has 0 saturated heterocycles. The van der Waals surface area contributed by atoms with Gasteiger partial charge in [0.2, 0.25) is 6.79 Å². The third kappa shape index (κ3) is 4.13. The summed E-state index contributed by atoms with van der Waals surface area (Å²) in [4.78, 5) is 17.9. The van der Waals surface area contributed by atoms with Gasteiger partial charge >= 0.3 is 5.97 Å². The minimum atomic E-state index is -0.929. The van der Waals surface area contributed by atoms with E-state index in [0.29, 0.717) is 18.2 Å². The topological polar surface area (TPSA) is 111 Å². The number of aliphatic carboxylic acids is 1. The Kier molecular flexibility index (Phi) is 5.68. The van der Waals surface area contributed by atoms with Gasteiger partial charge < -0.3 is 19.9 Å². The van der Waals surface area contributed by atoms with Crippen molar-refractivity contribution >= 4 is 28.7 Å². The number of carboxylic acids is 1. The van der Waals surface area contributed by atoms with Crippen molar-refractivity contribution in [2.45, 2.75) is 39.8 Å². The quantitative estimate of drug-likeness (QED) is 0.373. The van der Waals surface area contributed by atoms with Gasteiger partial charge in [0.25, 0.3) is 0 Å². The molecule has 37 heavy (non-hydrogen) atoms. The SMILES string of the molecule is Cc1sc2c(c1C)C(c1ccc(NCc3ccc4c(c3)OCO4)cc1)=N[C@@H](CC(=O)O)c1nnc(C)n1-2. The maximum absolute atomic E-state index is 11.7. The number of carboxylic acid groups (broad SMARTS) is 1. The van der Waals surface area contributed by atoms with Crippen molar-refractivity contribution < 1.29 is 19.4 Å². The normalized spacial score (nSPS) is 15.5. The summed E-state index contributed by atoms with van der Waals surface area (Å²) >= 11 is 1.65. The van der Waals surface area contributed by atoms with E-state index in [2.05, 4.69) is 29.4 Å². The van der Waals surface area contributed by atoms with Crippen LogP contribution in [0.5, 0.6) is 11.5 Å². The number of aliphatic imine (C=N–C) groups is 1. The first-order valence-electron chi connectivity index (χ1n) is 11.9. The molecule has 9 nitrogen and oxygen atoms in total. The lowest BCUT2D eigenvalue weighted by Gasteiger charge is -2.12. The molecule has 6 rings (SSSR count). The Balaban J connectivity index is 1.34. The number of thiophene rings is 1. The van der Waals surface area contributed by atoms with E-state index in [0.717, 1.165) is 50.2 Å². The molecular formula is C27H25N5O4S. The Morgan fingerprint density at radius 3 is 2.68 bits per heavy atom. The summed E-state index contributed by atoms with van der Waals surface area (Å²) in [5, 5.41) is 22.6. The number of nitrogens with zero attached hydrogens (tertiary/aromatic N) is 4. The first-order chi connectivity index (χ1) is 17.9. The molecule has 0 amide bonds. The summed E-state index contributed by atoms with van der Waals surface area (Å²) in [5.41, 5.74) is 5.87. The number of fused-ring (bicyclic) bond motifs is 4. The number of anilines is 1. The molecule has 0 bridgehead atoms. The molecule has 0 saturated carbocycles. The van der Waals surface area contributed by atoms with Crippen LogP contribution in [0.4, 0.5) is 5.69 Å². The van der Waals surface area contributed by atoms with Crippen molar-refractivity contribution in [3.63, 3.8) is 0 Å². The maximum atomic E-state index is 11.7. The molecular weight excluding hydrogens is 490 g/mol. The van der Waals surface area contributed by atoms with Crippen LogP contribution in [0.1, 0.15) is 51.2 Å². The van der Waals surface area contributed by atoms with Gasteiger partial charge in [0.05, 0.1) is 12.1 Å². The average molecular weight is 516 g/mol. The van der Waals surface area contributed by atoms with Crippen molar-refractivity contribution in [2.75, 3.05) is 12.1 Å². The lowest BCUT2D eigenvalue weighted by Crippen LogP contribution is -2.10. The van der Waals surface area contributed by atoms with E-state index in [1.807, 2.05) is 54.0 Å². The molecule has 0 unspecified atom stereocenters. The zero-order valence-corrected chi connectivity index (χ0v) is 21.4. The van der Waals surface area contributed by atoms with Crippen LogP contribution in [0.3, 0.4) is 0 Å². The molecule has 4 heterocycles. The van der Waals surface area contributed by atoms with E-state index >= 15 is 0 Å². The summed E-state index contributed by atoms with van der Waals surface area (Å²) in [7, 11) is 0. The molecule has 0 spiro atoms. The van der Waals surface area contributed by atoms with Gasteiger partial charge in [0.15, 0.2) is 17.3 Å². The third-order valence-electron chi connectivity index (χ3n) is 6.70. The number of nitrogens with one attached hydrogen (secondary N) is 1. The van der Waals surface area contributed by atoms with Crippen LogP contribution in [0.2, 0.25) is 0 Å². The van der Waals surface area contributed by atoms with E-state index in [1.54, 1.807) is 11.3 Å². The molecule has 4 aromatic rings. The predicted octanol–water partition coefficient (Wildman–Crippen LogP) is 4.96. The number of hydrogen-bond acceptors (Lipinski definition) is 8. The van der Waals surface area contributed by atoms with E-state index in [9.17, 15) is 9.90 Å². The molecule has 2 aromatic carbocycles. The molecule has 0 fully saturated rings. The minimum Gasteiger partial charge on any atom is -0.481 e. The van der Waals surface area contributed by atoms with E-state index in [-0.39, 0.29) is 13.2 Å². The number of aromatic nitrogens is 3. The Hall–Kier alpha value is -4.18. The van der Waals surface area contributed by atoms with Crippen molar-refractivity contribution in [2.24, 2.45) is 4.99 Å². The van der Waals surface area contributed by atoms with Gasteiger partial charge in [-0.1, -0.05) is 18.2 Å². The summed E-state index contributed by atoms with van der Waals surface area (Å²) < 4.78 is 12.8. The van der Waals surface area contributed by atoms with E-state index < -0.39 is 12.0 Å². The summed E-state index contributed by atoms with van der Waals surface area (Å²) in [6, 6.07) is 13.4. The second kappa shape index (κ2) is 9.04. The highest BCUT2D eigenvalue weighted by Gasteiger charge is 2.32. The van der Waals surface area contributed by atoms with Gasteiger partial charge in [-0.15, -0.1) is 21.5 Å². The average Bonchev–Trinajstić information content (AvgIpc) is 3.56. The number of carbonyl (C=O) groups is 1. The maximum Gasteiger partial charge on any atom is 0.306 e. The highest BCUT2D eigenvalue weighted by atomic mass is 32.1. The molecule has 188 valence electrons. The van der Waals surface area contributed by atoms with Gasteiger partial charge in [0.1, 0.15) is 16.9 Å². The second-order valence-electron chi connectivity index (χ2n) is 9.11. The van der Waals surface area contributed by atoms with Crippen molar-refractivity contribution in [1.29, 1.82) is 0 Å². The smallest absolute Gasteiger partial charge is 0.306 e. The fraction of sp³-hybridized carbons (Fsp3) is 0.259. The van der Waals surface area contributed by atoms with Crippen LogP contribution >= 0.6 is 11.3 Å². The first-order valence-corrected chi connectivity index (χ1v) is 12.8. The Morgan fingerprint density at radius 1 is 1.11 bits per heavy atom. The van der Waals surface area contributed by atoms with Crippen LogP contribution < -0.4 is 14.8 Å². The molecule has 2 aromatic heterocycles. The fourth-order valence-electron chi connectivity index (χ4n) is 4.69. The molecule has 0 radical (unpaired) electrons. The standard InChI is InChI=1S/C27H25N5O4S/c1-14-15(2)37-27-24(14)25(29-20(11-23(33)34)26-31-30-16(3)32(26)27)18-5-7-19(8-6-18)28-12-17-4-9-21-22(10-17)36-13-35-21/h4-10,20,28H,11-13H2,1-3H3,(H,33,34)/t20-/m0/s1. The fourth-order valence-corrected chi connectivity index (χ4v) is 5.91. The van der Waals surface area contributed by atoms with Crippen molar-refractivity contribution in [1.82, 2.24) is 14.8 Å². The molecule has 1 atom stereocenters. The molecule has 10 heteroatoms. The van der Waals surface area contributed by atoms with E-state index in [4.69, 9.17) is 14.5 Å². The first kappa shape index (κ1) is 23.2. The largest absolute Gasteiger partial charge is 0.481 e. The highest BCUT2D eigenvalue weighted by Crippen LogP contribution is 2.39. The molecule has 2 aliphatic heterocycles. The number of rotatable bonds is 6. The van der Waals surface area contributed by atoms with Crippen LogP contribution in [0.15, 0.2) is 47.5 Å². The lowest BCUT2D eigenvalue weighted by molar-refractivity contribution is -0.137. The lowest BCUT2D eigenvalue weighted by atomic mass is 9.99. The summed E-state index contributed by atoms with van der Waals surface area (Å²) in [6.07, 6.45) is -0.163. The van der Waals surface area contributed by atoms with Gasteiger partial charge in [-0.05, 0) is 56.2 Å². The zero-order valence-electron chi connectivity index (χ0n) is 20.6. The third-order valence-corrected chi connectivity index (χ3v) is 7.89. The predicted molar refractivity (Wildman–Crippen MR) is 140 cm³/mol. The minimum absolute atomic E-state index is 0.163. The Morgan fingerprint density at radius 2 is 1.89 bits per heavy atom. The van der Waals surface area contributed by atoms with Gasteiger partial charge in [-0.3, -0.25) is 14.4 Å². The number of hydrogen-bond donors (Lipinski definition) is 2. The molecule has 0 aliphatic carbocycles. The van der Waals surface area contributed by atoms with Crippen LogP contribution in [0, 0.1) is 20.8 Å². The molecule has 2 N–H and O–H groups in total. The number of aryl methyl sites for hydroxylation is 2. The van der Waals surface area contributed by atoms with Crippen molar-refractivity contribution in [3.8, 4) is 16.5 Å². The van der Waals surface area contributed by atoms with Gasteiger partial charge in [-0.2, -0.15) is 0 Å².